The summed E-state index contributed by atoms with van der Waals surface area (Å²) in [6.45, 7) is 4.48. The van der Waals surface area contributed by atoms with E-state index in [1.54, 1.807) is 40.2 Å². The molecule has 0 spiro atoms. The molecule has 0 unspecified atom stereocenters. The number of hydrogen-bond acceptors (Lipinski definition) is 8. The maximum atomic E-state index is 12.4. The standard InChI is InChI=1S/C18H20N8O2/c1-14-3-4-15(21-20-14)24-9-11-25(12-10-24)18(27)13-28-17-6-5-16(22-23-17)26-8-2-7-19-26/h2-8H,9-13H2,1H3. The van der Waals surface area contributed by atoms with E-state index in [1.165, 1.54) is 0 Å². The molecule has 4 rings (SSSR count). The molecule has 3 aromatic heterocycles. The third-order valence-corrected chi connectivity index (χ3v) is 4.45. The van der Waals surface area contributed by atoms with Crippen LogP contribution in [0.15, 0.2) is 42.7 Å². The summed E-state index contributed by atoms with van der Waals surface area (Å²) >= 11 is 0. The van der Waals surface area contributed by atoms with Gasteiger partial charge < -0.3 is 14.5 Å². The van der Waals surface area contributed by atoms with Gasteiger partial charge in [0.05, 0.1) is 5.69 Å². The van der Waals surface area contributed by atoms with Crippen molar-refractivity contribution in [2.75, 3.05) is 37.7 Å². The predicted octanol–water partition coefficient (Wildman–Crippen LogP) is 0.488. The van der Waals surface area contributed by atoms with E-state index in [1.807, 2.05) is 19.1 Å². The Balaban J connectivity index is 1.26. The van der Waals surface area contributed by atoms with Crippen LogP contribution in [0.25, 0.3) is 5.82 Å². The first kappa shape index (κ1) is 17.8. The van der Waals surface area contributed by atoms with Gasteiger partial charge in [-0.1, -0.05) is 0 Å². The second-order valence-electron chi connectivity index (χ2n) is 6.37. The van der Waals surface area contributed by atoms with E-state index in [4.69, 9.17) is 4.74 Å². The Morgan fingerprint density at radius 1 is 1.00 bits per heavy atom. The molecule has 10 nitrogen and oxygen atoms in total. The summed E-state index contributed by atoms with van der Waals surface area (Å²) in [7, 11) is 0. The number of carbonyl (C=O) groups is 1. The second-order valence-corrected chi connectivity index (χ2v) is 6.37. The topological polar surface area (TPSA) is 102 Å². The molecule has 28 heavy (non-hydrogen) atoms. The summed E-state index contributed by atoms with van der Waals surface area (Å²) < 4.78 is 7.08. The largest absolute Gasteiger partial charge is 0.466 e. The molecule has 0 aromatic carbocycles. The fraction of sp³-hybridized carbons (Fsp3) is 0.333. The van der Waals surface area contributed by atoms with Crippen LogP contribution in [0.1, 0.15) is 5.69 Å². The lowest BCUT2D eigenvalue weighted by atomic mass is 10.3. The Morgan fingerprint density at radius 2 is 1.79 bits per heavy atom. The Hall–Kier alpha value is -3.56. The summed E-state index contributed by atoms with van der Waals surface area (Å²) in [6.07, 6.45) is 3.44. The van der Waals surface area contributed by atoms with Crippen molar-refractivity contribution < 1.29 is 9.53 Å². The van der Waals surface area contributed by atoms with Crippen molar-refractivity contribution in [2.24, 2.45) is 0 Å². The van der Waals surface area contributed by atoms with Gasteiger partial charge in [0.2, 0.25) is 5.88 Å². The number of ether oxygens (including phenoxy) is 1. The maximum absolute atomic E-state index is 12.4. The Kier molecular flexibility index (Phi) is 5.09. The molecular weight excluding hydrogens is 360 g/mol. The molecule has 4 heterocycles. The van der Waals surface area contributed by atoms with E-state index >= 15 is 0 Å². The van der Waals surface area contributed by atoms with Crippen LogP contribution in [0, 0.1) is 6.92 Å². The van der Waals surface area contributed by atoms with Crippen molar-refractivity contribution in [1.82, 2.24) is 35.1 Å². The second kappa shape index (κ2) is 7.99. The van der Waals surface area contributed by atoms with E-state index in [-0.39, 0.29) is 12.5 Å². The van der Waals surface area contributed by atoms with Gasteiger partial charge in [-0.25, -0.2) is 4.68 Å². The zero-order valence-corrected chi connectivity index (χ0v) is 15.5. The number of aromatic nitrogens is 6. The minimum absolute atomic E-state index is 0.0693. The molecule has 0 bridgehead atoms. The molecule has 10 heteroatoms. The van der Waals surface area contributed by atoms with Crippen molar-refractivity contribution in [3.63, 3.8) is 0 Å². The lowest BCUT2D eigenvalue weighted by Crippen LogP contribution is -2.50. The summed E-state index contributed by atoms with van der Waals surface area (Å²) in [5.74, 6) is 1.64. The number of hydrogen-bond donors (Lipinski definition) is 0. The highest BCUT2D eigenvalue weighted by molar-refractivity contribution is 5.78. The Labute approximate surface area is 161 Å². The van der Waals surface area contributed by atoms with Crippen molar-refractivity contribution in [3.8, 4) is 11.7 Å². The summed E-state index contributed by atoms with van der Waals surface area (Å²) in [6, 6.07) is 9.10. The van der Waals surface area contributed by atoms with Gasteiger partial charge in [0.1, 0.15) is 0 Å². The number of rotatable bonds is 5. The number of carbonyl (C=O) groups excluding carboxylic acids is 1. The highest BCUT2D eigenvalue weighted by Crippen LogP contribution is 2.13. The molecule has 0 radical (unpaired) electrons. The highest BCUT2D eigenvalue weighted by Gasteiger charge is 2.22. The van der Waals surface area contributed by atoms with Crippen molar-refractivity contribution in [1.29, 1.82) is 0 Å². The molecule has 1 amide bonds. The lowest BCUT2D eigenvalue weighted by molar-refractivity contribution is -0.133. The Bertz CT molecular complexity index is 904. The monoisotopic (exact) mass is 380 g/mol. The fourth-order valence-corrected chi connectivity index (χ4v) is 2.89. The normalized spacial score (nSPS) is 14.2. The lowest BCUT2D eigenvalue weighted by Gasteiger charge is -2.35. The number of anilines is 1. The van der Waals surface area contributed by atoms with Crippen molar-refractivity contribution in [2.45, 2.75) is 6.92 Å². The molecule has 1 aliphatic heterocycles. The van der Waals surface area contributed by atoms with Crippen LogP contribution in [0.4, 0.5) is 5.82 Å². The van der Waals surface area contributed by atoms with Crippen molar-refractivity contribution >= 4 is 11.7 Å². The minimum Gasteiger partial charge on any atom is -0.466 e. The molecule has 0 atom stereocenters. The first-order valence-corrected chi connectivity index (χ1v) is 8.99. The van der Waals surface area contributed by atoms with Gasteiger partial charge in [0.25, 0.3) is 5.91 Å². The first-order valence-electron chi connectivity index (χ1n) is 8.99. The van der Waals surface area contributed by atoms with Crippen LogP contribution in [0.3, 0.4) is 0 Å². The highest BCUT2D eigenvalue weighted by atomic mass is 16.5. The van der Waals surface area contributed by atoms with Gasteiger partial charge in [0.15, 0.2) is 18.2 Å². The molecule has 3 aromatic rings. The van der Waals surface area contributed by atoms with Crippen LogP contribution < -0.4 is 9.64 Å². The average molecular weight is 380 g/mol. The molecule has 1 aliphatic rings. The number of amides is 1. The predicted molar refractivity (Wildman–Crippen MR) is 100 cm³/mol. The number of piperazine rings is 1. The van der Waals surface area contributed by atoms with Crippen LogP contribution >= 0.6 is 0 Å². The van der Waals surface area contributed by atoms with Gasteiger partial charge in [-0.15, -0.1) is 15.3 Å². The van der Waals surface area contributed by atoms with Gasteiger partial charge >= 0.3 is 0 Å². The third kappa shape index (κ3) is 4.05. The van der Waals surface area contributed by atoms with Crippen LogP contribution in [-0.4, -0.2) is 73.8 Å². The quantitative estimate of drug-likeness (QED) is 0.630. The van der Waals surface area contributed by atoms with E-state index in [9.17, 15) is 4.79 Å². The van der Waals surface area contributed by atoms with Gasteiger partial charge in [-0.2, -0.15) is 10.2 Å². The summed E-state index contributed by atoms with van der Waals surface area (Å²) in [4.78, 5) is 16.3. The van der Waals surface area contributed by atoms with Crippen molar-refractivity contribution in [3.05, 3.63) is 48.4 Å². The molecule has 144 valence electrons. The van der Waals surface area contributed by atoms with E-state index < -0.39 is 0 Å². The Morgan fingerprint density at radius 3 is 2.43 bits per heavy atom. The summed E-state index contributed by atoms with van der Waals surface area (Å²) in [5.41, 5.74) is 0.885. The third-order valence-electron chi connectivity index (χ3n) is 4.45. The average Bonchev–Trinajstić information content (AvgIpc) is 3.28. The molecule has 0 aliphatic carbocycles. The zero-order chi connectivity index (χ0) is 19.3. The molecule has 0 saturated carbocycles. The molecular formula is C18H20N8O2. The SMILES string of the molecule is Cc1ccc(N2CCN(C(=O)COc3ccc(-n4cccn4)nn3)CC2)nn1. The van der Waals surface area contributed by atoms with Crippen LogP contribution in [0.5, 0.6) is 5.88 Å². The van der Waals surface area contributed by atoms with Gasteiger partial charge in [-0.3, -0.25) is 4.79 Å². The van der Waals surface area contributed by atoms with E-state index in [2.05, 4.69) is 30.4 Å². The smallest absolute Gasteiger partial charge is 0.260 e. The first-order chi connectivity index (χ1) is 13.7. The fourth-order valence-electron chi connectivity index (χ4n) is 2.89. The zero-order valence-electron chi connectivity index (χ0n) is 15.5. The maximum Gasteiger partial charge on any atom is 0.260 e. The van der Waals surface area contributed by atoms with E-state index in [0.717, 1.165) is 11.5 Å². The van der Waals surface area contributed by atoms with Gasteiger partial charge in [0, 0.05) is 44.6 Å². The molecule has 0 N–H and O–H groups in total. The molecule has 1 saturated heterocycles. The van der Waals surface area contributed by atoms with E-state index in [0.29, 0.717) is 37.9 Å². The summed E-state index contributed by atoms with van der Waals surface area (Å²) in [5, 5.41) is 20.4. The molecule has 1 fully saturated rings. The van der Waals surface area contributed by atoms with Crippen LogP contribution in [-0.2, 0) is 4.79 Å². The number of nitrogens with zero attached hydrogens (tertiary/aromatic N) is 8. The van der Waals surface area contributed by atoms with Crippen LogP contribution in [0.2, 0.25) is 0 Å². The van der Waals surface area contributed by atoms with Gasteiger partial charge in [-0.05, 0) is 31.2 Å². The minimum atomic E-state index is -0.0763. The number of aryl methyl sites for hydroxylation is 1.